The summed E-state index contributed by atoms with van der Waals surface area (Å²) in [7, 11) is 1.64. The quantitative estimate of drug-likeness (QED) is 0.845. The molecule has 2 N–H and O–H groups in total. The molecule has 0 aliphatic heterocycles. The summed E-state index contributed by atoms with van der Waals surface area (Å²) < 4.78 is 18.6. The average Bonchev–Trinajstić information content (AvgIpc) is 2.44. The van der Waals surface area contributed by atoms with E-state index in [1.54, 1.807) is 31.0 Å². The van der Waals surface area contributed by atoms with Gasteiger partial charge in [-0.3, -0.25) is 0 Å². The Morgan fingerprint density at radius 3 is 2.55 bits per heavy atom. The minimum atomic E-state index is -0.237. The first-order valence-electron chi connectivity index (χ1n) is 6.42. The van der Waals surface area contributed by atoms with E-state index in [0.29, 0.717) is 0 Å². The zero-order valence-corrected chi connectivity index (χ0v) is 12.4. The van der Waals surface area contributed by atoms with Crippen molar-refractivity contribution in [2.45, 2.75) is 23.1 Å². The maximum absolute atomic E-state index is 13.4. The number of nitrogens with two attached hydrogens (primary N) is 1. The van der Waals surface area contributed by atoms with Crippen molar-refractivity contribution in [1.29, 1.82) is 0 Å². The van der Waals surface area contributed by atoms with Crippen LogP contribution in [0.2, 0.25) is 0 Å². The lowest BCUT2D eigenvalue weighted by Crippen LogP contribution is -2.22. The van der Waals surface area contributed by atoms with Crippen LogP contribution in [0.4, 0.5) is 4.39 Å². The zero-order valence-electron chi connectivity index (χ0n) is 11.5. The molecule has 0 fully saturated rings. The van der Waals surface area contributed by atoms with Gasteiger partial charge in [0.2, 0.25) is 0 Å². The van der Waals surface area contributed by atoms with Crippen LogP contribution in [0.25, 0.3) is 0 Å². The van der Waals surface area contributed by atoms with E-state index in [4.69, 9.17) is 10.5 Å². The Morgan fingerprint density at radius 1 is 1.15 bits per heavy atom. The molecule has 0 saturated heterocycles. The second-order valence-corrected chi connectivity index (χ2v) is 5.85. The third-order valence-electron chi connectivity index (χ3n) is 2.96. The molecular formula is C16H18FNOS. The fourth-order valence-corrected chi connectivity index (χ4v) is 3.12. The normalized spacial score (nSPS) is 13.8. The van der Waals surface area contributed by atoms with Gasteiger partial charge in [0.05, 0.1) is 7.11 Å². The lowest BCUT2D eigenvalue weighted by molar-refractivity contribution is 0.413. The number of rotatable bonds is 5. The number of methoxy groups -OCH3 is 1. The standard InChI is InChI=1S/C16H18FNOS/c1-11(18)16(12-5-3-6-13(17)9-12)20-15-8-4-7-14(10-15)19-2/h3-11,16H,18H2,1-2H3. The van der Waals surface area contributed by atoms with E-state index in [0.717, 1.165) is 16.2 Å². The smallest absolute Gasteiger partial charge is 0.123 e. The minimum absolute atomic E-state index is 0.00203. The number of halogens is 1. The fraction of sp³-hybridized carbons (Fsp3) is 0.250. The van der Waals surface area contributed by atoms with E-state index >= 15 is 0 Å². The molecule has 2 rings (SSSR count). The maximum atomic E-state index is 13.4. The molecule has 2 atom stereocenters. The maximum Gasteiger partial charge on any atom is 0.123 e. The summed E-state index contributed by atoms with van der Waals surface area (Å²) in [6.07, 6.45) is 0. The predicted octanol–water partition coefficient (Wildman–Crippen LogP) is 4.01. The van der Waals surface area contributed by atoms with E-state index in [9.17, 15) is 4.39 Å². The molecule has 4 heteroatoms. The highest BCUT2D eigenvalue weighted by Crippen LogP contribution is 2.38. The molecule has 20 heavy (non-hydrogen) atoms. The molecule has 0 aliphatic rings. The first-order valence-corrected chi connectivity index (χ1v) is 7.30. The average molecular weight is 291 g/mol. The van der Waals surface area contributed by atoms with Gasteiger partial charge in [0.25, 0.3) is 0 Å². The number of ether oxygens (including phenoxy) is 1. The summed E-state index contributed by atoms with van der Waals surface area (Å²) in [5.74, 6) is 0.567. The molecule has 106 valence electrons. The highest BCUT2D eigenvalue weighted by atomic mass is 32.2. The molecule has 2 nitrogen and oxygen atoms in total. The molecule has 0 heterocycles. The highest BCUT2D eigenvalue weighted by molar-refractivity contribution is 7.99. The van der Waals surface area contributed by atoms with Gasteiger partial charge < -0.3 is 10.5 Å². The summed E-state index contributed by atoms with van der Waals surface area (Å²) in [4.78, 5) is 1.05. The van der Waals surface area contributed by atoms with E-state index in [-0.39, 0.29) is 17.1 Å². The Labute approximate surface area is 123 Å². The van der Waals surface area contributed by atoms with E-state index in [1.807, 2.05) is 37.3 Å². The molecule has 0 bridgehead atoms. The molecule has 0 aliphatic carbocycles. The van der Waals surface area contributed by atoms with Crippen molar-refractivity contribution < 1.29 is 9.13 Å². The van der Waals surface area contributed by atoms with Crippen LogP contribution in [0.15, 0.2) is 53.4 Å². The van der Waals surface area contributed by atoms with Gasteiger partial charge in [-0.2, -0.15) is 0 Å². The topological polar surface area (TPSA) is 35.2 Å². The molecular weight excluding hydrogens is 273 g/mol. The summed E-state index contributed by atoms with van der Waals surface area (Å²) >= 11 is 1.62. The van der Waals surface area contributed by atoms with Crippen molar-refractivity contribution in [3.8, 4) is 5.75 Å². The third kappa shape index (κ3) is 3.74. The SMILES string of the molecule is COc1cccc(SC(c2cccc(F)c2)C(C)N)c1. The monoisotopic (exact) mass is 291 g/mol. The molecule has 0 radical (unpaired) electrons. The molecule has 0 spiro atoms. The van der Waals surface area contributed by atoms with E-state index in [1.165, 1.54) is 6.07 Å². The van der Waals surface area contributed by atoms with Gasteiger partial charge in [0.1, 0.15) is 11.6 Å². The van der Waals surface area contributed by atoms with Gasteiger partial charge >= 0.3 is 0 Å². The van der Waals surface area contributed by atoms with Crippen molar-refractivity contribution in [2.75, 3.05) is 7.11 Å². The van der Waals surface area contributed by atoms with Gasteiger partial charge in [-0.05, 0) is 42.8 Å². The van der Waals surface area contributed by atoms with Crippen molar-refractivity contribution >= 4 is 11.8 Å². The Kier molecular flexibility index (Phi) is 5.04. The number of thioether (sulfide) groups is 1. The molecule has 2 aromatic rings. The summed E-state index contributed by atoms with van der Waals surface area (Å²) in [5, 5.41) is -0.00203. The van der Waals surface area contributed by atoms with Crippen molar-refractivity contribution in [1.82, 2.24) is 0 Å². The van der Waals surface area contributed by atoms with Crippen LogP contribution in [-0.2, 0) is 0 Å². The van der Waals surface area contributed by atoms with Gasteiger partial charge in [-0.1, -0.05) is 18.2 Å². The molecule has 2 aromatic carbocycles. The number of hydrogen-bond donors (Lipinski definition) is 1. The van der Waals surface area contributed by atoms with Gasteiger partial charge in [-0.25, -0.2) is 4.39 Å². The second-order valence-electron chi connectivity index (χ2n) is 4.63. The summed E-state index contributed by atoms with van der Waals surface area (Å²) in [6, 6.07) is 14.3. The van der Waals surface area contributed by atoms with Gasteiger partial charge in [0, 0.05) is 16.2 Å². The van der Waals surface area contributed by atoms with E-state index < -0.39 is 0 Å². The van der Waals surface area contributed by atoms with Crippen LogP contribution < -0.4 is 10.5 Å². The molecule has 0 saturated carbocycles. The third-order valence-corrected chi connectivity index (χ3v) is 4.44. The van der Waals surface area contributed by atoms with Crippen molar-refractivity contribution in [3.05, 3.63) is 59.9 Å². The van der Waals surface area contributed by atoms with Gasteiger partial charge in [-0.15, -0.1) is 11.8 Å². The van der Waals surface area contributed by atoms with Crippen LogP contribution in [0, 0.1) is 5.82 Å². The second kappa shape index (κ2) is 6.77. The largest absolute Gasteiger partial charge is 0.497 e. The lowest BCUT2D eigenvalue weighted by Gasteiger charge is -2.21. The Bertz CT molecular complexity index is 574. The fourth-order valence-electron chi connectivity index (χ4n) is 1.98. The number of hydrogen-bond acceptors (Lipinski definition) is 3. The molecule has 0 aromatic heterocycles. The Morgan fingerprint density at radius 2 is 1.90 bits per heavy atom. The zero-order chi connectivity index (χ0) is 14.5. The van der Waals surface area contributed by atoms with Crippen molar-refractivity contribution in [3.63, 3.8) is 0 Å². The lowest BCUT2D eigenvalue weighted by atomic mass is 10.1. The molecule has 0 amide bonds. The van der Waals surface area contributed by atoms with E-state index in [2.05, 4.69) is 0 Å². The number of benzene rings is 2. The van der Waals surface area contributed by atoms with Crippen LogP contribution in [0.5, 0.6) is 5.75 Å². The Hall–Kier alpha value is -1.52. The first kappa shape index (κ1) is 14.9. The first-order chi connectivity index (χ1) is 9.60. The Balaban J connectivity index is 2.25. The van der Waals surface area contributed by atoms with Crippen molar-refractivity contribution in [2.24, 2.45) is 5.73 Å². The highest BCUT2D eigenvalue weighted by Gasteiger charge is 2.18. The predicted molar refractivity (Wildman–Crippen MR) is 81.6 cm³/mol. The van der Waals surface area contributed by atoms with Crippen LogP contribution in [0.3, 0.4) is 0 Å². The summed E-state index contributed by atoms with van der Waals surface area (Å²) in [5.41, 5.74) is 6.96. The summed E-state index contributed by atoms with van der Waals surface area (Å²) in [6.45, 7) is 1.93. The van der Waals surface area contributed by atoms with Crippen LogP contribution in [-0.4, -0.2) is 13.2 Å². The van der Waals surface area contributed by atoms with Crippen LogP contribution in [0.1, 0.15) is 17.7 Å². The minimum Gasteiger partial charge on any atom is -0.497 e. The van der Waals surface area contributed by atoms with Gasteiger partial charge in [0.15, 0.2) is 0 Å². The van der Waals surface area contributed by atoms with Crippen LogP contribution >= 0.6 is 11.8 Å². The molecule has 2 unspecified atom stereocenters.